The highest BCUT2D eigenvalue weighted by atomic mass is 79.9. The summed E-state index contributed by atoms with van der Waals surface area (Å²) < 4.78 is 6.73. The first-order valence-electron chi connectivity index (χ1n) is 6.49. The van der Waals surface area contributed by atoms with Gasteiger partial charge in [-0.3, -0.25) is 10.1 Å². The molecule has 2 aromatic rings. The molecule has 1 aromatic heterocycles. The van der Waals surface area contributed by atoms with E-state index >= 15 is 0 Å². The average Bonchev–Trinajstić information content (AvgIpc) is 2.50. The SMILES string of the molecule is COc1ccc(C(=O)NC(=S)Nc2ccc(Br)c(C)n2)cc1Br. The van der Waals surface area contributed by atoms with Gasteiger partial charge < -0.3 is 10.1 Å². The number of rotatable bonds is 3. The zero-order chi connectivity index (χ0) is 17.0. The molecule has 0 radical (unpaired) electrons. The van der Waals surface area contributed by atoms with Gasteiger partial charge in [-0.1, -0.05) is 0 Å². The van der Waals surface area contributed by atoms with Crippen LogP contribution in [0.1, 0.15) is 16.1 Å². The molecule has 0 aliphatic rings. The van der Waals surface area contributed by atoms with Crippen molar-refractivity contribution in [3.8, 4) is 5.75 Å². The number of nitrogens with one attached hydrogen (secondary N) is 2. The Morgan fingerprint density at radius 3 is 2.57 bits per heavy atom. The van der Waals surface area contributed by atoms with Gasteiger partial charge in [0.25, 0.3) is 5.91 Å². The van der Waals surface area contributed by atoms with Crippen molar-refractivity contribution in [2.45, 2.75) is 6.92 Å². The minimum atomic E-state index is -0.320. The van der Waals surface area contributed by atoms with Crippen LogP contribution in [0, 0.1) is 6.92 Å². The number of aromatic nitrogens is 1. The van der Waals surface area contributed by atoms with E-state index in [0.29, 0.717) is 21.6 Å². The summed E-state index contributed by atoms with van der Waals surface area (Å²) in [6.07, 6.45) is 0. The monoisotopic (exact) mass is 457 g/mol. The molecule has 0 aliphatic carbocycles. The molecule has 120 valence electrons. The lowest BCUT2D eigenvalue weighted by Crippen LogP contribution is -2.34. The molecule has 0 aliphatic heterocycles. The molecule has 2 N–H and O–H groups in total. The van der Waals surface area contributed by atoms with E-state index in [9.17, 15) is 4.79 Å². The lowest BCUT2D eigenvalue weighted by Gasteiger charge is -2.10. The lowest BCUT2D eigenvalue weighted by atomic mass is 10.2. The summed E-state index contributed by atoms with van der Waals surface area (Å²) in [6.45, 7) is 1.87. The smallest absolute Gasteiger partial charge is 0.257 e. The van der Waals surface area contributed by atoms with Gasteiger partial charge in [-0.25, -0.2) is 4.98 Å². The van der Waals surface area contributed by atoms with Gasteiger partial charge in [0.05, 0.1) is 17.3 Å². The summed E-state index contributed by atoms with van der Waals surface area (Å²) in [4.78, 5) is 16.5. The second kappa shape index (κ2) is 7.85. The molecule has 23 heavy (non-hydrogen) atoms. The van der Waals surface area contributed by atoms with Gasteiger partial charge in [0, 0.05) is 10.0 Å². The van der Waals surface area contributed by atoms with Crippen molar-refractivity contribution in [3.05, 3.63) is 50.5 Å². The van der Waals surface area contributed by atoms with Crippen LogP contribution in [0.25, 0.3) is 0 Å². The van der Waals surface area contributed by atoms with Gasteiger partial charge in [-0.05, 0) is 81.3 Å². The Morgan fingerprint density at radius 1 is 1.22 bits per heavy atom. The van der Waals surface area contributed by atoms with E-state index in [1.54, 1.807) is 31.4 Å². The molecular weight excluding hydrogens is 446 g/mol. The van der Waals surface area contributed by atoms with Crippen LogP contribution in [0.2, 0.25) is 0 Å². The number of hydrogen-bond acceptors (Lipinski definition) is 4. The van der Waals surface area contributed by atoms with Crippen LogP contribution >= 0.6 is 44.1 Å². The van der Waals surface area contributed by atoms with E-state index in [4.69, 9.17) is 17.0 Å². The number of hydrogen-bond donors (Lipinski definition) is 2. The van der Waals surface area contributed by atoms with Crippen LogP contribution in [-0.4, -0.2) is 23.1 Å². The number of halogens is 2. The Hall–Kier alpha value is -1.51. The van der Waals surface area contributed by atoms with Crippen molar-refractivity contribution in [1.29, 1.82) is 0 Å². The number of aryl methyl sites for hydroxylation is 1. The number of pyridine rings is 1. The first-order chi connectivity index (χ1) is 10.9. The molecule has 1 heterocycles. The summed E-state index contributed by atoms with van der Waals surface area (Å²) in [5, 5.41) is 5.67. The lowest BCUT2D eigenvalue weighted by molar-refractivity contribution is 0.0977. The van der Waals surface area contributed by atoms with Gasteiger partial charge in [0.15, 0.2) is 5.11 Å². The fourth-order valence-electron chi connectivity index (χ4n) is 1.74. The Bertz CT molecular complexity index is 768. The van der Waals surface area contributed by atoms with Crippen LogP contribution in [0.4, 0.5) is 5.82 Å². The van der Waals surface area contributed by atoms with E-state index in [2.05, 4.69) is 47.5 Å². The standard InChI is InChI=1S/C15H13Br2N3O2S/c1-8-10(16)4-6-13(18-8)19-15(23)20-14(21)9-3-5-12(22-2)11(17)7-9/h3-7H,1-2H3,(H2,18,19,20,21,23). The fraction of sp³-hybridized carbons (Fsp3) is 0.133. The third-order valence-corrected chi connectivity index (χ3v) is 4.57. The zero-order valence-electron chi connectivity index (χ0n) is 12.3. The van der Waals surface area contributed by atoms with Crippen LogP contribution in [0.5, 0.6) is 5.75 Å². The van der Waals surface area contributed by atoms with E-state index < -0.39 is 0 Å². The Morgan fingerprint density at radius 2 is 1.96 bits per heavy atom. The second-order valence-electron chi connectivity index (χ2n) is 4.52. The highest BCUT2D eigenvalue weighted by Gasteiger charge is 2.11. The Labute approximate surface area is 156 Å². The summed E-state index contributed by atoms with van der Waals surface area (Å²) >= 11 is 11.9. The van der Waals surface area contributed by atoms with Crippen molar-refractivity contribution in [2.75, 3.05) is 12.4 Å². The Balaban J connectivity index is 2.03. The number of benzene rings is 1. The van der Waals surface area contributed by atoms with Crippen LogP contribution in [0.3, 0.4) is 0 Å². The average molecular weight is 459 g/mol. The normalized spacial score (nSPS) is 10.1. The molecule has 0 spiro atoms. The second-order valence-corrected chi connectivity index (χ2v) is 6.64. The van der Waals surface area contributed by atoms with Crippen molar-refractivity contribution < 1.29 is 9.53 Å². The van der Waals surface area contributed by atoms with Crippen molar-refractivity contribution in [1.82, 2.24) is 10.3 Å². The molecule has 0 bridgehead atoms. The maximum atomic E-state index is 12.2. The van der Waals surface area contributed by atoms with E-state index in [1.165, 1.54) is 0 Å². The van der Waals surface area contributed by atoms with Crippen molar-refractivity contribution in [3.63, 3.8) is 0 Å². The number of anilines is 1. The third kappa shape index (κ3) is 4.73. The van der Waals surface area contributed by atoms with Gasteiger partial charge >= 0.3 is 0 Å². The largest absolute Gasteiger partial charge is 0.496 e. The minimum Gasteiger partial charge on any atom is -0.496 e. The molecule has 0 atom stereocenters. The van der Waals surface area contributed by atoms with E-state index in [-0.39, 0.29) is 11.0 Å². The number of carbonyl (C=O) groups excluding carboxylic acids is 1. The number of nitrogens with zero attached hydrogens (tertiary/aromatic N) is 1. The highest BCUT2D eigenvalue weighted by molar-refractivity contribution is 9.10. The van der Waals surface area contributed by atoms with Gasteiger partial charge in [-0.15, -0.1) is 0 Å². The number of amides is 1. The van der Waals surface area contributed by atoms with Crippen LogP contribution in [-0.2, 0) is 0 Å². The maximum absolute atomic E-state index is 12.2. The molecule has 1 aromatic carbocycles. The molecular formula is C15H13Br2N3O2S. The summed E-state index contributed by atoms with van der Waals surface area (Å²) in [5.74, 6) is 0.892. The van der Waals surface area contributed by atoms with E-state index in [1.807, 2.05) is 13.0 Å². The molecule has 8 heteroatoms. The summed E-state index contributed by atoms with van der Waals surface area (Å²) in [5.41, 5.74) is 1.28. The first kappa shape index (κ1) is 17.8. The van der Waals surface area contributed by atoms with E-state index in [0.717, 1.165) is 10.2 Å². The predicted molar refractivity (Wildman–Crippen MR) is 101 cm³/mol. The zero-order valence-corrected chi connectivity index (χ0v) is 16.3. The number of ether oxygens (including phenoxy) is 1. The molecule has 0 fully saturated rings. The molecule has 2 rings (SSSR count). The molecule has 1 amide bonds. The van der Waals surface area contributed by atoms with Gasteiger partial charge in [0.2, 0.25) is 0 Å². The van der Waals surface area contributed by atoms with Crippen LogP contribution < -0.4 is 15.4 Å². The topological polar surface area (TPSA) is 63.2 Å². The molecule has 5 nitrogen and oxygen atoms in total. The highest BCUT2D eigenvalue weighted by Crippen LogP contribution is 2.25. The quantitative estimate of drug-likeness (QED) is 0.679. The van der Waals surface area contributed by atoms with Crippen molar-refractivity contribution >= 4 is 60.9 Å². The minimum absolute atomic E-state index is 0.177. The summed E-state index contributed by atoms with van der Waals surface area (Å²) in [7, 11) is 1.56. The molecule has 0 saturated heterocycles. The van der Waals surface area contributed by atoms with Crippen molar-refractivity contribution in [2.24, 2.45) is 0 Å². The van der Waals surface area contributed by atoms with Gasteiger partial charge in [0.1, 0.15) is 11.6 Å². The number of thiocarbonyl (C=S) groups is 1. The van der Waals surface area contributed by atoms with Gasteiger partial charge in [-0.2, -0.15) is 0 Å². The summed E-state index contributed by atoms with van der Waals surface area (Å²) in [6, 6.07) is 8.65. The molecule has 0 saturated carbocycles. The first-order valence-corrected chi connectivity index (χ1v) is 8.49. The van der Waals surface area contributed by atoms with Crippen LogP contribution in [0.15, 0.2) is 39.3 Å². The number of methoxy groups -OCH3 is 1. The maximum Gasteiger partial charge on any atom is 0.257 e. The third-order valence-electron chi connectivity index (χ3n) is 2.90. The number of carbonyl (C=O) groups is 1. The Kier molecular flexibility index (Phi) is 6.09. The predicted octanol–water partition coefficient (Wildman–Crippen LogP) is 4.05. The fourth-order valence-corrected chi connectivity index (χ4v) is 2.70. The molecule has 0 unspecified atom stereocenters.